The van der Waals surface area contributed by atoms with Gasteiger partial charge in [-0.15, -0.1) is 11.3 Å². The molecule has 4 aromatic rings. The van der Waals surface area contributed by atoms with Crippen molar-refractivity contribution in [2.45, 2.75) is 38.4 Å². The fourth-order valence-corrected chi connectivity index (χ4v) is 5.31. The Labute approximate surface area is 191 Å². The lowest BCUT2D eigenvalue weighted by molar-refractivity contribution is -0.137. The lowest BCUT2D eigenvalue weighted by Gasteiger charge is -2.33. The van der Waals surface area contributed by atoms with E-state index in [0.29, 0.717) is 22.8 Å². The fraction of sp³-hybridized carbons (Fsp3) is 0.333. The number of rotatable bonds is 5. The summed E-state index contributed by atoms with van der Waals surface area (Å²) in [6, 6.07) is 10.0. The summed E-state index contributed by atoms with van der Waals surface area (Å²) in [4.78, 5) is 17.5. The first-order valence-electron chi connectivity index (χ1n) is 10.8. The van der Waals surface area contributed by atoms with Crippen LogP contribution in [0.2, 0.25) is 0 Å². The van der Waals surface area contributed by atoms with E-state index in [-0.39, 0.29) is 18.6 Å². The summed E-state index contributed by atoms with van der Waals surface area (Å²) in [5.41, 5.74) is 1.73. The predicted molar refractivity (Wildman–Crippen MR) is 122 cm³/mol. The molecule has 0 radical (unpaired) electrons. The minimum Gasteiger partial charge on any atom is -0.394 e. The van der Waals surface area contributed by atoms with E-state index in [0.717, 1.165) is 52.0 Å². The number of carbonyl (C=O) groups is 1. The number of aryl methyl sites for hydroxylation is 1. The third-order valence-corrected chi connectivity index (χ3v) is 7.35. The van der Waals surface area contributed by atoms with E-state index in [9.17, 15) is 23.1 Å². The van der Waals surface area contributed by atoms with Crippen molar-refractivity contribution in [3.05, 3.63) is 58.6 Å². The predicted octanol–water partition coefficient (Wildman–Crippen LogP) is 5.46. The molecule has 1 aliphatic carbocycles. The Morgan fingerprint density at radius 1 is 1.24 bits per heavy atom. The van der Waals surface area contributed by atoms with Crippen LogP contribution in [0.25, 0.3) is 26.9 Å². The van der Waals surface area contributed by atoms with Crippen LogP contribution < -0.4 is 5.32 Å². The Bertz CT molecular complexity index is 1340. The normalized spacial score (nSPS) is 15.7. The molecule has 5 nitrogen and oxygen atoms in total. The van der Waals surface area contributed by atoms with Gasteiger partial charge < -0.3 is 10.4 Å². The summed E-state index contributed by atoms with van der Waals surface area (Å²) in [6.45, 7) is 1.77. The van der Waals surface area contributed by atoms with Gasteiger partial charge in [-0.1, -0.05) is 6.42 Å². The first-order valence-corrected chi connectivity index (χ1v) is 11.6. The molecule has 1 atom stereocenters. The maximum absolute atomic E-state index is 13.0. The van der Waals surface area contributed by atoms with Crippen LogP contribution in [-0.4, -0.2) is 33.2 Å². The second kappa shape index (κ2) is 8.14. The molecular formula is C24H22F3N3O2S. The van der Waals surface area contributed by atoms with Gasteiger partial charge in [0, 0.05) is 16.6 Å². The quantitative estimate of drug-likeness (QED) is 0.405. The van der Waals surface area contributed by atoms with Crippen molar-refractivity contribution in [3.8, 4) is 5.69 Å². The molecule has 0 saturated heterocycles. The smallest absolute Gasteiger partial charge is 0.394 e. The van der Waals surface area contributed by atoms with Crippen molar-refractivity contribution in [2.24, 2.45) is 5.92 Å². The van der Waals surface area contributed by atoms with Crippen LogP contribution in [0, 0.1) is 12.8 Å². The summed E-state index contributed by atoms with van der Waals surface area (Å²) in [5.74, 6) is 0.0544. The van der Waals surface area contributed by atoms with E-state index in [1.165, 1.54) is 23.5 Å². The second-order valence-corrected chi connectivity index (χ2v) is 9.65. The third kappa shape index (κ3) is 3.89. The number of aliphatic hydroxyl groups excluding tert-OH is 1. The first kappa shape index (κ1) is 21.9. The largest absolute Gasteiger partial charge is 0.416 e. The molecule has 1 fully saturated rings. The highest BCUT2D eigenvalue weighted by Crippen LogP contribution is 2.37. The number of benzene rings is 2. The average molecular weight is 474 g/mol. The van der Waals surface area contributed by atoms with E-state index in [4.69, 9.17) is 0 Å². The highest BCUT2D eigenvalue weighted by molar-refractivity contribution is 7.19. The van der Waals surface area contributed by atoms with Crippen molar-refractivity contribution in [3.63, 3.8) is 0 Å². The summed E-state index contributed by atoms with van der Waals surface area (Å²) < 4.78 is 41.7. The maximum Gasteiger partial charge on any atom is 0.416 e. The van der Waals surface area contributed by atoms with Crippen LogP contribution in [0.5, 0.6) is 0 Å². The number of hydrogen-bond acceptors (Lipinski definition) is 4. The number of thiazole rings is 1. The number of hydrogen-bond donors (Lipinski definition) is 2. The summed E-state index contributed by atoms with van der Waals surface area (Å²) in [7, 11) is 0. The molecule has 1 saturated carbocycles. The van der Waals surface area contributed by atoms with Crippen molar-refractivity contribution in [1.29, 1.82) is 0 Å². The van der Waals surface area contributed by atoms with Gasteiger partial charge in [0.05, 0.1) is 33.4 Å². The number of amides is 1. The van der Waals surface area contributed by atoms with Crippen LogP contribution in [0.15, 0.2) is 42.5 Å². The number of aliphatic hydroxyl groups is 1. The Morgan fingerprint density at radius 2 is 1.97 bits per heavy atom. The second-order valence-electron chi connectivity index (χ2n) is 8.45. The molecule has 0 spiro atoms. The number of nitrogens with one attached hydrogen (secondary N) is 1. The van der Waals surface area contributed by atoms with Crippen LogP contribution in [-0.2, 0) is 6.18 Å². The van der Waals surface area contributed by atoms with E-state index in [1.807, 2.05) is 11.5 Å². The molecule has 0 unspecified atom stereocenters. The first-order chi connectivity index (χ1) is 15.8. The van der Waals surface area contributed by atoms with Gasteiger partial charge in [-0.05, 0) is 68.1 Å². The van der Waals surface area contributed by atoms with Crippen molar-refractivity contribution in [2.75, 3.05) is 6.61 Å². The summed E-state index contributed by atoms with van der Waals surface area (Å²) in [6.07, 6.45) is -1.29. The number of nitrogens with zero attached hydrogens (tertiary/aromatic N) is 2. The van der Waals surface area contributed by atoms with E-state index >= 15 is 0 Å². The summed E-state index contributed by atoms with van der Waals surface area (Å²) >= 11 is 1.48. The number of halogens is 3. The van der Waals surface area contributed by atoms with Crippen LogP contribution in [0.3, 0.4) is 0 Å². The van der Waals surface area contributed by atoms with E-state index in [2.05, 4.69) is 10.3 Å². The topological polar surface area (TPSA) is 67.2 Å². The standard InChI is InChI=1S/C24H22F3N3O2S/c1-13-28-22-21(33-13)18-11-15(23(32)29-19(12-31)14-3-2-4-14)5-10-20(18)30(22)17-8-6-16(7-9-17)24(25,26)27/h5-11,14,19,31H,2-4,12H2,1H3,(H,29,32)/t19-/m1/s1. The molecule has 5 rings (SSSR count). The van der Waals surface area contributed by atoms with Crippen LogP contribution in [0.1, 0.15) is 40.2 Å². The van der Waals surface area contributed by atoms with Gasteiger partial charge >= 0.3 is 6.18 Å². The number of fused-ring (bicyclic) bond motifs is 3. The Morgan fingerprint density at radius 3 is 2.58 bits per heavy atom. The van der Waals surface area contributed by atoms with Crippen molar-refractivity contribution in [1.82, 2.24) is 14.9 Å². The minimum atomic E-state index is -4.40. The Kier molecular flexibility index (Phi) is 5.41. The van der Waals surface area contributed by atoms with E-state index < -0.39 is 11.7 Å². The number of aromatic nitrogens is 2. The highest BCUT2D eigenvalue weighted by atomic mass is 32.1. The van der Waals surface area contributed by atoms with Crippen molar-refractivity contribution < 1.29 is 23.1 Å². The molecule has 0 bridgehead atoms. The zero-order chi connectivity index (χ0) is 23.3. The molecule has 2 aromatic carbocycles. The van der Waals surface area contributed by atoms with Gasteiger partial charge in [0.1, 0.15) is 0 Å². The molecule has 2 N–H and O–H groups in total. The van der Waals surface area contributed by atoms with Crippen LogP contribution >= 0.6 is 11.3 Å². The number of alkyl halides is 3. The highest BCUT2D eigenvalue weighted by Gasteiger charge is 2.31. The van der Waals surface area contributed by atoms with Gasteiger partial charge in [-0.25, -0.2) is 4.98 Å². The van der Waals surface area contributed by atoms with Crippen LogP contribution in [0.4, 0.5) is 13.2 Å². The molecule has 33 heavy (non-hydrogen) atoms. The third-order valence-electron chi connectivity index (χ3n) is 6.36. The van der Waals surface area contributed by atoms with Gasteiger partial charge in [0.2, 0.25) is 0 Å². The zero-order valence-corrected chi connectivity index (χ0v) is 18.6. The maximum atomic E-state index is 13.0. The Hall–Kier alpha value is -2.91. The SMILES string of the molecule is Cc1nc2c(s1)c1cc(C(=O)N[C@H](CO)C3CCC3)ccc1n2-c1ccc(C(F)(F)F)cc1. The molecule has 2 heterocycles. The molecule has 0 aliphatic heterocycles. The molecule has 1 aliphatic rings. The molecule has 9 heteroatoms. The Balaban J connectivity index is 1.56. The minimum absolute atomic E-state index is 0.0960. The molecule has 172 valence electrons. The molecule has 2 aromatic heterocycles. The summed E-state index contributed by atoms with van der Waals surface area (Å²) in [5, 5.41) is 14.3. The lowest BCUT2D eigenvalue weighted by atomic mass is 9.80. The number of carbonyl (C=O) groups excluding carboxylic acids is 1. The molecular weight excluding hydrogens is 451 g/mol. The van der Waals surface area contributed by atoms with Crippen molar-refractivity contribution >= 4 is 38.5 Å². The van der Waals surface area contributed by atoms with Gasteiger partial charge in [0.15, 0.2) is 5.65 Å². The average Bonchev–Trinajstić information content (AvgIpc) is 3.25. The monoisotopic (exact) mass is 473 g/mol. The fourth-order valence-electron chi connectivity index (χ4n) is 4.38. The van der Waals surface area contributed by atoms with Gasteiger partial charge in [-0.3, -0.25) is 9.36 Å². The van der Waals surface area contributed by atoms with Gasteiger partial charge in [-0.2, -0.15) is 13.2 Å². The molecule has 1 amide bonds. The van der Waals surface area contributed by atoms with E-state index in [1.54, 1.807) is 18.2 Å². The van der Waals surface area contributed by atoms with Gasteiger partial charge in [0.25, 0.3) is 5.91 Å². The zero-order valence-electron chi connectivity index (χ0n) is 17.8. The lowest BCUT2D eigenvalue weighted by Crippen LogP contribution is -2.45.